The molecule has 1 aromatic heterocycles. The molecule has 4 rings (SSSR count). The van der Waals surface area contributed by atoms with Crippen molar-refractivity contribution < 1.29 is 14.3 Å². The molecule has 25 heavy (non-hydrogen) atoms. The molecule has 0 radical (unpaired) electrons. The average Bonchev–Trinajstić information content (AvgIpc) is 3.31. The highest BCUT2D eigenvalue weighted by molar-refractivity contribution is 8.01. The van der Waals surface area contributed by atoms with E-state index in [1.54, 1.807) is 4.90 Å². The third-order valence-corrected chi connectivity index (χ3v) is 7.03. The fraction of sp³-hybridized carbons (Fsp3) is 0.353. The Hall–Kier alpha value is -1.57. The Morgan fingerprint density at radius 3 is 2.96 bits per heavy atom. The number of thiazole rings is 1. The molecule has 3 heterocycles. The molecule has 0 aliphatic carbocycles. The number of hydrogen-bond acceptors (Lipinski definition) is 6. The number of hydrogen-bond donors (Lipinski definition) is 0. The molecule has 0 bridgehead atoms. The lowest BCUT2D eigenvalue weighted by atomic mass is 10.2. The zero-order chi connectivity index (χ0) is 17.4. The van der Waals surface area contributed by atoms with Gasteiger partial charge in [-0.05, 0) is 18.6 Å². The number of carbonyl (C=O) groups excluding carboxylic acids is 2. The molecule has 2 aromatic rings. The van der Waals surface area contributed by atoms with E-state index < -0.39 is 4.87 Å². The summed E-state index contributed by atoms with van der Waals surface area (Å²) in [5.74, 6) is 0.487. The first-order chi connectivity index (χ1) is 12.1. The van der Waals surface area contributed by atoms with E-state index in [0.717, 1.165) is 16.3 Å². The molecule has 8 heteroatoms. The fourth-order valence-electron chi connectivity index (χ4n) is 3.13. The van der Waals surface area contributed by atoms with Gasteiger partial charge in [0.15, 0.2) is 4.87 Å². The number of amides is 1. The second kappa shape index (κ2) is 6.63. The number of rotatable bonds is 4. The standard InChI is InChI=1S/C17H15ClN2O3S2/c18-12-3-1-11(2-4-12)15-19-13(10-24-15)9-23-16(22)17-6-5-14(21)20(17)7-8-25-17/h1-4,10H,5-9H2. The van der Waals surface area contributed by atoms with Crippen LogP contribution in [0, 0.1) is 0 Å². The molecule has 2 aliphatic rings. The monoisotopic (exact) mass is 394 g/mol. The molecule has 5 nitrogen and oxygen atoms in total. The van der Waals surface area contributed by atoms with Gasteiger partial charge in [-0.25, -0.2) is 9.78 Å². The molecular formula is C17H15ClN2O3S2. The molecule has 0 N–H and O–H groups in total. The van der Waals surface area contributed by atoms with Gasteiger partial charge in [0.1, 0.15) is 11.6 Å². The highest BCUT2D eigenvalue weighted by Crippen LogP contribution is 2.45. The molecule has 1 atom stereocenters. The summed E-state index contributed by atoms with van der Waals surface area (Å²) in [7, 11) is 0. The van der Waals surface area contributed by atoms with Crippen LogP contribution in [0.1, 0.15) is 18.5 Å². The van der Waals surface area contributed by atoms with Crippen LogP contribution >= 0.6 is 34.7 Å². The van der Waals surface area contributed by atoms with Crippen molar-refractivity contribution in [1.82, 2.24) is 9.88 Å². The second-order valence-electron chi connectivity index (χ2n) is 5.91. The summed E-state index contributed by atoms with van der Waals surface area (Å²) in [6.07, 6.45) is 0.946. The van der Waals surface area contributed by atoms with Crippen molar-refractivity contribution in [3.63, 3.8) is 0 Å². The van der Waals surface area contributed by atoms with Crippen LogP contribution < -0.4 is 0 Å². The topological polar surface area (TPSA) is 59.5 Å². The van der Waals surface area contributed by atoms with Gasteiger partial charge >= 0.3 is 5.97 Å². The SMILES string of the molecule is O=C1CCC2(C(=O)OCc3csc(-c4ccc(Cl)cc4)n3)SCCN12. The molecule has 2 saturated heterocycles. The maximum Gasteiger partial charge on any atom is 0.343 e. The van der Waals surface area contributed by atoms with Gasteiger partial charge in [0, 0.05) is 34.7 Å². The van der Waals surface area contributed by atoms with E-state index >= 15 is 0 Å². The van der Waals surface area contributed by atoms with E-state index in [9.17, 15) is 9.59 Å². The van der Waals surface area contributed by atoms with E-state index in [-0.39, 0.29) is 18.5 Å². The van der Waals surface area contributed by atoms with Crippen LogP contribution in [0.4, 0.5) is 0 Å². The summed E-state index contributed by atoms with van der Waals surface area (Å²) in [5, 5.41) is 3.42. The Morgan fingerprint density at radius 2 is 2.16 bits per heavy atom. The van der Waals surface area contributed by atoms with Crippen molar-refractivity contribution >= 4 is 46.6 Å². The number of esters is 1. The normalized spacial score (nSPS) is 22.3. The number of aromatic nitrogens is 1. The van der Waals surface area contributed by atoms with Gasteiger partial charge in [-0.3, -0.25) is 4.79 Å². The summed E-state index contributed by atoms with van der Waals surface area (Å²) in [6, 6.07) is 7.46. The Labute approximate surface area is 158 Å². The number of ether oxygens (including phenoxy) is 1. The Morgan fingerprint density at radius 1 is 1.36 bits per heavy atom. The van der Waals surface area contributed by atoms with Crippen molar-refractivity contribution in [1.29, 1.82) is 0 Å². The molecule has 2 aliphatic heterocycles. The number of halogens is 1. The van der Waals surface area contributed by atoms with Crippen molar-refractivity contribution in [2.75, 3.05) is 12.3 Å². The van der Waals surface area contributed by atoms with Gasteiger partial charge < -0.3 is 9.64 Å². The molecule has 2 fully saturated rings. The molecule has 130 valence electrons. The summed E-state index contributed by atoms with van der Waals surface area (Å²) in [6.45, 7) is 0.739. The number of carbonyl (C=O) groups is 2. The van der Waals surface area contributed by atoms with Crippen LogP contribution in [0.2, 0.25) is 5.02 Å². The molecular weight excluding hydrogens is 380 g/mol. The van der Waals surface area contributed by atoms with Gasteiger partial charge in [0.2, 0.25) is 5.91 Å². The summed E-state index contributed by atoms with van der Waals surface area (Å²) >= 11 is 8.91. The van der Waals surface area contributed by atoms with Crippen molar-refractivity contribution in [3.8, 4) is 10.6 Å². The van der Waals surface area contributed by atoms with Crippen molar-refractivity contribution in [2.24, 2.45) is 0 Å². The summed E-state index contributed by atoms with van der Waals surface area (Å²) < 4.78 is 5.50. The van der Waals surface area contributed by atoms with Crippen LogP contribution in [0.15, 0.2) is 29.6 Å². The van der Waals surface area contributed by atoms with E-state index in [1.165, 1.54) is 23.1 Å². The zero-order valence-corrected chi connectivity index (χ0v) is 15.6. The first-order valence-electron chi connectivity index (χ1n) is 7.90. The fourth-order valence-corrected chi connectivity index (χ4v) is 5.45. The zero-order valence-electron chi connectivity index (χ0n) is 13.2. The summed E-state index contributed by atoms with van der Waals surface area (Å²) in [4.78, 5) is 29.9. The predicted molar refractivity (Wildman–Crippen MR) is 98.5 cm³/mol. The number of nitrogens with zero attached hydrogens (tertiary/aromatic N) is 2. The second-order valence-corrected chi connectivity index (χ2v) is 8.57. The Balaban J connectivity index is 1.43. The lowest BCUT2D eigenvalue weighted by Crippen LogP contribution is -2.46. The van der Waals surface area contributed by atoms with Gasteiger partial charge in [-0.1, -0.05) is 23.7 Å². The van der Waals surface area contributed by atoms with E-state index in [1.807, 2.05) is 29.6 Å². The molecule has 1 unspecified atom stereocenters. The number of benzene rings is 1. The van der Waals surface area contributed by atoms with Gasteiger partial charge in [0.25, 0.3) is 0 Å². The first-order valence-corrected chi connectivity index (χ1v) is 10.1. The quantitative estimate of drug-likeness (QED) is 0.742. The first kappa shape index (κ1) is 16.9. The Bertz CT molecular complexity index is 824. The van der Waals surface area contributed by atoms with Crippen LogP contribution in [0.3, 0.4) is 0 Å². The number of thioether (sulfide) groups is 1. The van der Waals surface area contributed by atoms with E-state index in [0.29, 0.717) is 30.1 Å². The lowest BCUT2D eigenvalue weighted by molar-refractivity contribution is -0.154. The van der Waals surface area contributed by atoms with Crippen LogP contribution in [-0.2, 0) is 20.9 Å². The average molecular weight is 395 g/mol. The largest absolute Gasteiger partial charge is 0.457 e. The molecule has 0 spiro atoms. The van der Waals surface area contributed by atoms with Crippen LogP contribution in [0.5, 0.6) is 0 Å². The number of fused-ring (bicyclic) bond motifs is 1. The highest BCUT2D eigenvalue weighted by atomic mass is 35.5. The maximum atomic E-state index is 12.6. The van der Waals surface area contributed by atoms with Crippen LogP contribution in [-0.4, -0.2) is 38.9 Å². The van der Waals surface area contributed by atoms with Gasteiger partial charge in [-0.15, -0.1) is 23.1 Å². The highest BCUT2D eigenvalue weighted by Gasteiger charge is 2.55. The third-order valence-electron chi connectivity index (χ3n) is 4.38. The molecule has 1 aromatic carbocycles. The molecule has 1 amide bonds. The minimum Gasteiger partial charge on any atom is -0.457 e. The van der Waals surface area contributed by atoms with E-state index in [4.69, 9.17) is 16.3 Å². The third kappa shape index (κ3) is 3.05. The minimum absolute atomic E-state index is 0.0423. The van der Waals surface area contributed by atoms with Crippen LogP contribution in [0.25, 0.3) is 10.6 Å². The van der Waals surface area contributed by atoms with Gasteiger partial charge in [-0.2, -0.15) is 0 Å². The lowest BCUT2D eigenvalue weighted by Gasteiger charge is -2.27. The van der Waals surface area contributed by atoms with Crippen molar-refractivity contribution in [3.05, 3.63) is 40.4 Å². The van der Waals surface area contributed by atoms with Crippen molar-refractivity contribution in [2.45, 2.75) is 24.3 Å². The van der Waals surface area contributed by atoms with Gasteiger partial charge in [0.05, 0.1) is 5.69 Å². The Kier molecular flexibility index (Phi) is 4.47. The summed E-state index contributed by atoms with van der Waals surface area (Å²) in [5.41, 5.74) is 1.68. The predicted octanol–water partition coefficient (Wildman–Crippen LogP) is 3.57. The smallest absolute Gasteiger partial charge is 0.343 e. The molecule has 0 saturated carbocycles. The van der Waals surface area contributed by atoms with E-state index in [2.05, 4.69) is 4.98 Å². The maximum absolute atomic E-state index is 12.6. The minimum atomic E-state index is -0.813.